The first-order valence-corrected chi connectivity index (χ1v) is 7.76. The van der Waals surface area contributed by atoms with Crippen molar-refractivity contribution in [2.45, 2.75) is 25.0 Å². The van der Waals surface area contributed by atoms with Gasteiger partial charge in [-0.1, -0.05) is 6.07 Å². The van der Waals surface area contributed by atoms with E-state index in [2.05, 4.69) is 5.32 Å². The molecule has 1 fully saturated rings. The molecule has 0 aromatic heterocycles. The molecule has 1 saturated heterocycles. The number of rotatable bonds is 4. The fourth-order valence-corrected chi connectivity index (χ4v) is 3.46. The Hall–Kier alpha value is -0.850. The molecule has 0 amide bonds. The fraction of sp³-hybridized carbons (Fsp3) is 0.538. The number of benzene rings is 1. The second-order valence-electron chi connectivity index (χ2n) is 4.71. The first-order valence-electron chi connectivity index (χ1n) is 6.27. The number of hydrogen-bond acceptors (Lipinski definition) is 3. The number of halogens is 2. The molecular weight excluding hydrogens is 272 g/mol. The first-order chi connectivity index (χ1) is 9.06. The molecule has 0 bridgehead atoms. The van der Waals surface area contributed by atoms with E-state index in [1.54, 1.807) is 0 Å². The quantitative estimate of drug-likeness (QED) is 0.883. The van der Waals surface area contributed by atoms with Crippen molar-refractivity contribution < 1.29 is 18.1 Å². The second kappa shape index (κ2) is 6.54. The van der Waals surface area contributed by atoms with Gasteiger partial charge in [0.25, 0.3) is 0 Å². The lowest BCUT2D eigenvalue weighted by Gasteiger charge is -2.24. The molecule has 3 nitrogen and oxygen atoms in total. The monoisotopic (exact) mass is 289 g/mol. The van der Waals surface area contributed by atoms with Crippen LogP contribution in [0.25, 0.3) is 0 Å². The van der Waals surface area contributed by atoms with Gasteiger partial charge in [-0.25, -0.2) is 8.78 Å². The third kappa shape index (κ3) is 4.06. The summed E-state index contributed by atoms with van der Waals surface area (Å²) < 4.78 is 37.4. The molecule has 2 rings (SSSR count). The lowest BCUT2D eigenvalue weighted by Crippen LogP contribution is -2.38. The molecule has 2 N–H and O–H groups in total. The number of hydrogen-bond donors (Lipinski definition) is 2. The van der Waals surface area contributed by atoms with Gasteiger partial charge in [-0.2, -0.15) is 0 Å². The highest BCUT2D eigenvalue weighted by Gasteiger charge is 2.19. The summed E-state index contributed by atoms with van der Waals surface area (Å²) in [6, 6.07) is 3.36. The van der Waals surface area contributed by atoms with E-state index >= 15 is 0 Å². The van der Waals surface area contributed by atoms with Crippen molar-refractivity contribution in [1.82, 2.24) is 5.32 Å². The Morgan fingerprint density at radius 2 is 2.05 bits per heavy atom. The molecule has 106 valence electrons. The Balaban J connectivity index is 1.87. The zero-order chi connectivity index (χ0) is 13.8. The van der Waals surface area contributed by atoms with Crippen molar-refractivity contribution in [3.8, 4) is 0 Å². The summed E-state index contributed by atoms with van der Waals surface area (Å²) in [6.07, 6.45) is 0.587. The highest BCUT2D eigenvalue weighted by molar-refractivity contribution is 7.85. The summed E-state index contributed by atoms with van der Waals surface area (Å²) in [6.45, 7) is 0.208. The second-order valence-corrected chi connectivity index (χ2v) is 6.41. The predicted octanol–water partition coefficient (Wildman–Crippen LogP) is 1.50. The minimum atomic E-state index is -1.01. The molecule has 0 radical (unpaired) electrons. The molecule has 6 heteroatoms. The topological polar surface area (TPSA) is 49.3 Å². The smallest absolute Gasteiger partial charge is 0.131 e. The van der Waals surface area contributed by atoms with Crippen molar-refractivity contribution in [2.75, 3.05) is 18.1 Å². The highest BCUT2D eigenvalue weighted by atomic mass is 32.2. The molecule has 0 saturated carbocycles. The van der Waals surface area contributed by atoms with Gasteiger partial charge in [-0.05, 0) is 18.9 Å². The first kappa shape index (κ1) is 14.6. The third-order valence-electron chi connectivity index (χ3n) is 3.31. The van der Waals surface area contributed by atoms with Crippen LogP contribution in [0, 0.1) is 11.6 Å². The van der Waals surface area contributed by atoms with Crippen molar-refractivity contribution in [3.63, 3.8) is 0 Å². The summed E-state index contributed by atoms with van der Waals surface area (Å²) in [7, 11) is -0.722. The predicted molar refractivity (Wildman–Crippen MR) is 70.2 cm³/mol. The van der Waals surface area contributed by atoms with Gasteiger partial charge in [0.05, 0.1) is 6.10 Å². The van der Waals surface area contributed by atoms with Crippen LogP contribution in [0.3, 0.4) is 0 Å². The zero-order valence-electron chi connectivity index (χ0n) is 10.4. The van der Waals surface area contributed by atoms with Crippen LogP contribution in [-0.2, 0) is 10.8 Å². The largest absolute Gasteiger partial charge is 0.387 e. The van der Waals surface area contributed by atoms with E-state index < -0.39 is 28.5 Å². The molecule has 1 atom stereocenters. The van der Waals surface area contributed by atoms with Gasteiger partial charge in [0.1, 0.15) is 11.6 Å². The van der Waals surface area contributed by atoms with Crippen LogP contribution in [0.4, 0.5) is 8.78 Å². The van der Waals surface area contributed by atoms with Gasteiger partial charge in [-0.15, -0.1) is 0 Å². The van der Waals surface area contributed by atoms with Gasteiger partial charge in [0.2, 0.25) is 0 Å². The van der Waals surface area contributed by atoms with Crippen LogP contribution in [-0.4, -0.2) is 33.4 Å². The van der Waals surface area contributed by atoms with E-state index in [-0.39, 0.29) is 18.2 Å². The van der Waals surface area contributed by atoms with Gasteiger partial charge < -0.3 is 10.4 Å². The standard InChI is InChI=1S/C13H17F2NO2S/c14-9-1-2-11(12(15)7-9)13(17)8-16-10-3-5-19(18)6-4-10/h1-2,7,10,13,16-17H,3-6,8H2. The Bertz CT molecular complexity index is 460. The lowest BCUT2D eigenvalue weighted by atomic mass is 10.1. The Morgan fingerprint density at radius 1 is 1.37 bits per heavy atom. The molecule has 0 aliphatic carbocycles. The Labute approximate surface area is 113 Å². The average Bonchev–Trinajstić information content (AvgIpc) is 2.37. The van der Waals surface area contributed by atoms with Gasteiger partial charge in [0.15, 0.2) is 0 Å². The van der Waals surface area contributed by atoms with E-state index in [0.29, 0.717) is 11.5 Å². The maximum absolute atomic E-state index is 13.4. The van der Waals surface area contributed by atoms with E-state index in [4.69, 9.17) is 0 Å². The normalized spacial score (nSPS) is 25.2. The summed E-state index contributed by atoms with van der Waals surface area (Å²) in [5, 5.41) is 13.0. The Kier molecular flexibility index (Phi) is 5.01. The number of nitrogens with one attached hydrogen (secondary N) is 1. The fourth-order valence-electron chi connectivity index (χ4n) is 2.16. The van der Waals surface area contributed by atoms with Crippen LogP contribution in [0.15, 0.2) is 18.2 Å². The summed E-state index contributed by atoms with van der Waals surface area (Å²) in [4.78, 5) is 0. The van der Waals surface area contributed by atoms with Crippen molar-refractivity contribution in [2.24, 2.45) is 0 Å². The molecule has 1 aliphatic heterocycles. The van der Waals surface area contributed by atoms with Gasteiger partial charge in [0, 0.05) is 46.5 Å². The zero-order valence-corrected chi connectivity index (χ0v) is 11.3. The van der Waals surface area contributed by atoms with E-state index in [0.717, 1.165) is 25.0 Å². The maximum Gasteiger partial charge on any atom is 0.131 e. The van der Waals surface area contributed by atoms with Crippen LogP contribution in [0.5, 0.6) is 0 Å². The number of aliphatic hydroxyl groups is 1. The molecular formula is C13H17F2NO2S. The third-order valence-corrected chi connectivity index (χ3v) is 4.69. The molecule has 1 aromatic rings. The lowest BCUT2D eigenvalue weighted by molar-refractivity contribution is 0.164. The molecule has 0 spiro atoms. The molecule has 19 heavy (non-hydrogen) atoms. The Morgan fingerprint density at radius 3 is 2.68 bits per heavy atom. The van der Waals surface area contributed by atoms with Crippen LogP contribution < -0.4 is 5.32 Å². The van der Waals surface area contributed by atoms with E-state index in [1.165, 1.54) is 6.07 Å². The van der Waals surface area contributed by atoms with Crippen molar-refractivity contribution >= 4 is 10.8 Å². The molecule has 1 unspecified atom stereocenters. The molecule has 1 aromatic carbocycles. The minimum absolute atomic E-state index is 0.0910. The maximum atomic E-state index is 13.4. The van der Waals surface area contributed by atoms with E-state index in [1.807, 2.05) is 0 Å². The highest BCUT2D eigenvalue weighted by Crippen LogP contribution is 2.18. The van der Waals surface area contributed by atoms with Gasteiger partial charge in [-0.3, -0.25) is 4.21 Å². The van der Waals surface area contributed by atoms with E-state index in [9.17, 15) is 18.1 Å². The average molecular weight is 289 g/mol. The van der Waals surface area contributed by atoms with Crippen molar-refractivity contribution in [1.29, 1.82) is 0 Å². The number of aliphatic hydroxyl groups excluding tert-OH is 1. The summed E-state index contributed by atoms with van der Waals surface area (Å²) >= 11 is 0. The van der Waals surface area contributed by atoms with Crippen molar-refractivity contribution in [3.05, 3.63) is 35.4 Å². The van der Waals surface area contributed by atoms with Crippen LogP contribution in [0.2, 0.25) is 0 Å². The van der Waals surface area contributed by atoms with Gasteiger partial charge >= 0.3 is 0 Å². The molecule has 1 aliphatic rings. The van der Waals surface area contributed by atoms with Crippen LogP contribution >= 0.6 is 0 Å². The summed E-state index contributed by atoms with van der Waals surface area (Å²) in [5.74, 6) is -0.0626. The SMILES string of the molecule is O=S1CCC(NCC(O)c2ccc(F)cc2F)CC1. The minimum Gasteiger partial charge on any atom is -0.387 e. The summed E-state index contributed by atoms with van der Waals surface area (Å²) in [5.41, 5.74) is 0.0910. The molecule has 1 heterocycles. The van der Waals surface area contributed by atoms with Crippen LogP contribution in [0.1, 0.15) is 24.5 Å².